The predicted molar refractivity (Wildman–Crippen MR) is 88.1 cm³/mol. The van der Waals surface area contributed by atoms with Crippen molar-refractivity contribution in [1.82, 2.24) is 4.90 Å². The summed E-state index contributed by atoms with van der Waals surface area (Å²) in [5, 5.41) is 2.85. The van der Waals surface area contributed by atoms with Crippen LogP contribution in [0.15, 0.2) is 29.3 Å². The largest absolute Gasteiger partial charge is 0.573 e. The van der Waals surface area contributed by atoms with Crippen molar-refractivity contribution in [3.8, 4) is 5.75 Å². The quantitative estimate of drug-likeness (QED) is 0.615. The van der Waals surface area contributed by atoms with E-state index < -0.39 is 6.36 Å². The Kier molecular flexibility index (Phi) is 6.30. The van der Waals surface area contributed by atoms with Crippen LogP contribution in [0.3, 0.4) is 0 Å². The number of nitrogens with two attached hydrogens (primary N) is 1. The highest BCUT2D eigenvalue weighted by molar-refractivity contribution is 5.92. The molecule has 3 N–H and O–H groups in total. The molecule has 0 saturated heterocycles. The molecule has 8 heteroatoms. The Morgan fingerprint density at radius 1 is 1.29 bits per heavy atom. The van der Waals surface area contributed by atoms with E-state index in [9.17, 15) is 13.2 Å². The van der Waals surface area contributed by atoms with Crippen molar-refractivity contribution < 1.29 is 17.9 Å². The number of aliphatic imine (C=N–C) groups is 1. The van der Waals surface area contributed by atoms with E-state index in [4.69, 9.17) is 5.73 Å². The summed E-state index contributed by atoms with van der Waals surface area (Å²) in [6.45, 7) is 1.40. The fraction of sp³-hybridized carbons (Fsp3) is 0.562. The van der Waals surface area contributed by atoms with E-state index in [2.05, 4.69) is 27.0 Å². The van der Waals surface area contributed by atoms with E-state index in [0.717, 1.165) is 6.54 Å². The molecule has 0 heterocycles. The molecule has 1 aliphatic carbocycles. The van der Waals surface area contributed by atoms with Crippen molar-refractivity contribution >= 4 is 11.6 Å². The first-order valence-corrected chi connectivity index (χ1v) is 7.96. The number of hydrogen-bond donors (Lipinski definition) is 2. The smallest absolute Gasteiger partial charge is 0.406 e. The van der Waals surface area contributed by atoms with Gasteiger partial charge < -0.3 is 20.7 Å². The minimum Gasteiger partial charge on any atom is -0.406 e. The van der Waals surface area contributed by atoms with Crippen molar-refractivity contribution in [3.63, 3.8) is 0 Å². The maximum atomic E-state index is 12.1. The van der Waals surface area contributed by atoms with Crippen molar-refractivity contribution in [1.29, 1.82) is 0 Å². The highest BCUT2D eigenvalue weighted by atomic mass is 19.4. The van der Waals surface area contributed by atoms with Gasteiger partial charge in [-0.05, 0) is 44.2 Å². The average molecular weight is 344 g/mol. The second-order valence-electron chi connectivity index (χ2n) is 5.88. The van der Waals surface area contributed by atoms with Crippen LogP contribution in [0, 0.1) is 0 Å². The summed E-state index contributed by atoms with van der Waals surface area (Å²) >= 11 is 0. The van der Waals surface area contributed by atoms with Crippen molar-refractivity contribution in [3.05, 3.63) is 24.3 Å². The van der Waals surface area contributed by atoms with E-state index in [1.807, 2.05) is 0 Å². The Bertz CT molecular complexity index is 539. The standard InChI is InChI=1S/C16H23F3N4O/c1-23(13-4-2-3-5-13)11-10-21-15(20)22-12-6-8-14(9-7-12)24-16(17,18)19/h6-9,13H,2-5,10-11H2,1H3,(H3,20,21,22). The minimum absolute atomic E-state index is 0.235. The van der Waals surface area contributed by atoms with Crippen LogP contribution in [0.2, 0.25) is 0 Å². The van der Waals surface area contributed by atoms with Gasteiger partial charge in [-0.25, -0.2) is 0 Å². The molecule has 2 rings (SSSR count). The molecule has 1 saturated carbocycles. The first-order valence-electron chi connectivity index (χ1n) is 7.96. The van der Waals surface area contributed by atoms with Crippen molar-refractivity contribution in [2.24, 2.45) is 10.7 Å². The van der Waals surface area contributed by atoms with Crippen LogP contribution in [0.4, 0.5) is 18.9 Å². The van der Waals surface area contributed by atoms with Gasteiger partial charge in [0.2, 0.25) is 0 Å². The number of anilines is 1. The summed E-state index contributed by atoms with van der Waals surface area (Å²) in [6.07, 6.45) is 0.355. The van der Waals surface area contributed by atoms with Crippen LogP contribution < -0.4 is 15.8 Å². The number of nitrogens with zero attached hydrogens (tertiary/aromatic N) is 2. The fourth-order valence-corrected chi connectivity index (χ4v) is 2.78. The SMILES string of the molecule is CN(CCN=C(N)Nc1ccc(OC(F)(F)F)cc1)C1CCCC1. The molecule has 5 nitrogen and oxygen atoms in total. The summed E-state index contributed by atoms with van der Waals surface area (Å²) < 4.78 is 40.1. The highest BCUT2D eigenvalue weighted by Crippen LogP contribution is 2.24. The van der Waals surface area contributed by atoms with Crippen molar-refractivity contribution in [2.75, 3.05) is 25.5 Å². The highest BCUT2D eigenvalue weighted by Gasteiger charge is 2.30. The molecule has 0 bridgehead atoms. The normalized spacial score (nSPS) is 16.6. The van der Waals surface area contributed by atoms with Crippen LogP contribution in [0.5, 0.6) is 5.75 Å². The molecule has 1 aliphatic rings. The maximum Gasteiger partial charge on any atom is 0.573 e. The third kappa shape index (κ3) is 6.27. The molecule has 0 unspecified atom stereocenters. The number of likely N-dealkylation sites (N-methyl/N-ethyl adjacent to an activating group) is 1. The molecule has 0 atom stereocenters. The first-order chi connectivity index (χ1) is 11.3. The zero-order valence-corrected chi connectivity index (χ0v) is 13.6. The van der Waals surface area contributed by atoms with E-state index in [1.165, 1.54) is 49.9 Å². The van der Waals surface area contributed by atoms with Gasteiger partial charge in [-0.1, -0.05) is 12.8 Å². The summed E-state index contributed by atoms with van der Waals surface area (Å²) in [4.78, 5) is 6.54. The second kappa shape index (κ2) is 8.23. The minimum atomic E-state index is -4.69. The molecular formula is C16H23F3N4O. The van der Waals surface area contributed by atoms with Gasteiger partial charge in [0.25, 0.3) is 0 Å². The molecule has 0 aliphatic heterocycles. The molecule has 1 aromatic rings. The molecular weight excluding hydrogens is 321 g/mol. The average Bonchev–Trinajstić information content (AvgIpc) is 3.02. The summed E-state index contributed by atoms with van der Waals surface area (Å²) in [5.41, 5.74) is 6.35. The second-order valence-corrected chi connectivity index (χ2v) is 5.88. The zero-order valence-electron chi connectivity index (χ0n) is 13.6. The Morgan fingerprint density at radius 2 is 1.92 bits per heavy atom. The number of benzene rings is 1. The monoisotopic (exact) mass is 344 g/mol. The number of hydrogen-bond acceptors (Lipinski definition) is 3. The summed E-state index contributed by atoms with van der Waals surface area (Å²) in [5.74, 6) is -0.0407. The Labute approximate surface area is 139 Å². The number of nitrogens with one attached hydrogen (secondary N) is 1. The number of rotatable bonds is 6. The fourth-order valence-electron chi connectivity index (χ4n) is 2.78. The van der Waals surface area contributed by atoms with Gasteiger partial charge in [0.15, 0.2) is 5.96 Å². The summed E-state index contributed by atoms with van der Waals surface area (Å²) in [6, 6.07) is 5.98. The third-order valence-electron chi connectivity index (χ3n) is 4.04. The van der Waals surface area contributed by atoms with Gasteiger partial charge >= 0.3 is 6.36 Å². The Morgan fingerprint density at radius 3 is 2.50 bits per heavy atom. The van der Waals surface area contributed by atoms with Crippen LogP contribution in [-0.4, -0.2) is 43.4 Å². The number of halogens is 3. The first kappa shape index (κ1) is 18.4. The lowest BCUT2D eigenvalue weighted by molar-refractivity contribution is -0.274. The maximum absolute atomic E-state index is 12.1. The van der Waals surface area contributed by atoms with Crippen LogP contribution in [0.1, 0.15) is 25.7 Å². The molecule has 0 aromatic heterocycles. The molecule has 24 heavy (non-hydrogen) atoms. The van der Waals surface area contributed by atoms with E-state index in [1.54, 1.807) is 0 Å². The Balaban J connectivity index is 1.77. The molecule has 0 radical (unpaired) electrons. The number of alkyl halides is 3. The predicted octanol–water partition coefficient (Wildman–Crippen LogP) is 3.19. The van der Waals surface area contributed by atoms with E-state index in [-0.39, 0.29) is 11.7 Å². The van der Waals surface area contributed by atoms with Crippen LogP contribution >= 0.6 is 0 Å². The molecule has 0 amide bonds. The molecule has 1 fully saturated rings. The zero-order chi connectivity index (χ0) is 17.6. The molecule has 1 aromatic carbocycles. The van der Waals surface area contributed by atoms with E-state index in [0.29, 0.717) is 18.3 Å². The van der Waals surface area contributed by atoms with Gasteiger partial charge in [0, 0.05) is 18.3 Å². The van der Waals surface area contributed by atoms with Gasteiger partial charge in [-0.2, -0.15) is 0 Å². The van der Waals surface area contributed by atoms with Gasteiger partial charge in [0.1, 0.15) is 5.75 Å². The topological polar surface area (TPSA) is 62.9 Å². The lowest BCUT2D eigenvalue weighted by Crippen LogP contribution is -2.32. The third-order valence-corrected chi connectivity index (χ3v) is 4.04. The van der Waals surface area contributed by atoms with Crippen LogP contribution in [0.25, 0.3) is 0 Å². The number of ether oxygens (including phenoxy) is 1. The van der Waals surface area contributed by atoms with Crippen LogP contribution in [-0.2, 0) is 0 Å². The molecule has 134 valence electrons. The Hall–Kier alpha value is -1.96. The van der Waals surface area contributed by atoms with Gasteiger partial charge in [-0.15, -0.1) is 13.2 Å². The van der Waals surface area contributed by atoms with Gasteiger partial charge in [-0.3, -0.25) is 4.99 Å². The lowest BCUT2D eigenvalue weighted by atomic mass is 10.2. The van der Waals surface area contributed by atoms with Gasteiger partial charge in [0.05, 0.1) is 6.54 Å². The van der Waals surface area contributed by atoms with E-state index >= 15 is 0 Å². The molecule has 0 spiro atoms. The summed E-state index contributed by atoms with van der Waals surface area (Å²) in [7, 11) is 2.09. The number of guanidine groups is 1. The lowest BCUT2D eigenvalue weighted by Gasteiger charge is -2.22. The van der Waals surface area contributed by atoms with Crippen molar-refractivity contribution in [2.45, 2.75) is 38.1 Å².